The summed E-state index contributed by atoms with van der Waals surface area (Å²) in [7, 11) is 0. The van der Waals surface area contributed by atoms with Crippen molar-refractivity contribution in [1.82, 2.24) is 10.2 Å². The van der Waals surface area contributed by atoms with Crippen LogP contribution in [0.15, 0.2) is 36.4 Å². The van der Waals surface area contributed by atoms with Crippen LogP contribution >= 0.6 is 0 Å². The molecular formula is C22H23N3O3. The van der Waals surface area contributed by atoms with Crippen LogP contribution in [0, 0.1) is 6.92 Å². The highest BCUT2D eigenvalue weighted by Gasteiger charge is 2.41. The van der Waals surface area contributed by atoms with Crippen LogP contribution in [0.4, 0.5) is 5.69 Å². The molecule has 0 saturated heterocycles. The van der Waals surface area contributed by atoms with Crippen LogP contribution in [0.5, 0.6) is 0 Å². The maximum atomic E-state index is 12.9. The van der Waals surface area contributed by atoms with Gasteiger partial charge in [-0.15, -0.1) is 0 Å². The normalized spacial score (nSPS) is 19.2. The third-order valence-corrected chi connectivity index (χ3v) is 5.64. The Morgan fingerprint density at radius 1 is 1.14 bits per heavy atom. The Kier molecular flexibility index (Phi) is 4.41. The topological polar surface area (TPSA) is 92.5 Å². The minimum Gasteiger partial charge on any atom is -0.399 e. The Hall–Kier alpha value is -3.15. The van der Waals surface area contributed by atoms with Gasteiger partial charge in [-0.1, -0.05) is 17.7 Å². The summed E-state index contributed by atoms with van der Waals surface area (Å²) in [6.45, 7) is 3.46. The Labute approximate surface area is 163 Å². The van der Waals surface area contributed by atoms with Gasteiger partial charge in [0.2, 0.25) is 5.91 Å². The van der Waals surface area contributed by atoms with Crippen molar-refractivity contribution in [2.75, 3.05) is 5.73 Å². The summed E-state index contributed by atoms with van der Waals surface area (Å²) in [5.74, 6) is -1.16. The summed E-state index contributed by atoms with van der Waals surface area (Å²) in [6, 6.07) is 9.85. The van der Waals surface area contributed by atoms with Crippen molar-refractivity contribution < 1.29 is 14.4 Å². The first-order valence-corrected chi connectivity index (χ1v) is 9.54. The van der Waals surface area contributed by atoms with E-state index in [1.165, 1.54) is 0 Å². The fraction of sp³-hybridized carbons (Fsp3) is 0.318. The molecule has 3 amide bonds. The first-order chi connectivity index (χ1) is 13.4. The quantitative estimate of drug-likeness (QED) is 0.635. The zero-order valence-electron chi connectivity index (χ0n) is 16.0. The van der Waals surface area contributed by atoms with E-state index < -0.39 is 17.9 Å². The van der Waals surface area contributed by atoms with Gasteiger partial charge in [0.15, 0.2) is 0 Å². The molecule has 0 bridgehead atoms. The molecule has 28 heavy (non-hydrogen) atoms. The largest absolute Gasteiger partial charge is 0.399 e. The lowest BCUT2D eigenvalue weighted by Crippen LogP contribution is -2.48. The van der Waals surface area contributed by atoms with Gasteiger partial charge in [-0.05, 0) is 68.5 Å². The summed E-state index contributed by atoms with van der Waals surface area (Å²) < 4.78 is 0. The third-order valence-electron chi connectivity index (χ3n) is 5.64. The van der Waals surface area contributed by atoms with E-state index in [0.29, 0.717) is 16.8 Å². The average molecular weight is 377 g/mol. The molecule has 2 aromatic rings. The second-order valence-electron chi connectivity index (χ2n) is 7.62. The summed E-state index contributed by atoms with van der Waals surface area (Å²) >= 11 is 0. The maximum Gasteiger partial charge on any atom is 0.262 e. The highest BCUT2D eigenvalue weighted by molar-refractivity contribution is 6.22. The lowest BCUT2D eigenvalue weighted by Gasteiger charge is -2.29. The summed E-state index contributed by atoms with van der Waals surface area (Å²) in [5.41, 5.74) is 10.4. The molecule has 0 saturated carbocycles. The van der Waals surface area contributed by atoms with Gasteiger partial charge < -0.3 is 11.1 Å². The number of rotatable bonds is 3. The SMILES string of the molecule is Cc1ccc2c(c1)C(=O)N(C(C)C(=O)NC1CCCc3cc(N)ccc31)C2=O. The molecule has 1 aliphatic heterocycles. The van der Waals surface area contributed by atoms with Gasteiger partial charge in [-0.3, -0.25) is 19.3 Å². The number of aryl methyl sites for hydroxylation is 2. The van der Waals surface area contributed by atoms with Crippen molar-refractivity contribution >= 4 is 23.4 Å². The smallest absolute Gasteiger partial charge is 0.262 e. The molecule has 3 N–H and O–H groups in total. The van der Waals surface area contributed by atoms with E-state index in [1.807, 2.05) is 25.1 Å². The van der Waals surface area contributed by atoms with Crippen molar-refractivity contribution in [2.24, 2.45) is 0 Å². The second kappa shape index (κ2) is 6.78. The van der Waals surface area contributed by atoms with Crippen LogP contribution in [0.2, 0.25) is 0 Å². The highest BCUT2D eigenvalue weighted by atomic mass is 16.2. The van der Waals surface area contributed by atoms with E-state index in [4.69, 9.17) is 5.73 Å². The van der Waals surface area contributed by atoms with Crippen LogP contribution in [0.3, 0.4) is 0 Å². The van der Waals surface area contributed by atoms with E-state index in [2.05, 4.69) is 5.32 Å². The Bertz CT molecular complexity index is 999. The Morgan fingerprint density at radius 2 is 1.89 bits per heavy atom. The molecule has 1 heterocycles. The molecule has 0 aromatic heterocycles. The van der Waals surface area contributed by atoms with E-state index in [1.54, 1.807) is 25.1 Å². The van der Waals surface area contributed by atoms with Gasteiger partial charge in [0, 0.05) is 5.69 Å². The zero-order valence-corrected chi connectivity index (χ0v) is 16.0. The van der Waals surface area contributed by atoms with Crippen molar-refractivity contribution in [3.63, 3.8) is 0 Å². The maximum absolute atomic E-state index is 12.9. The van der Waals surface area contributed by atoms with Gasteiger partial charge in [0.25, 0.3) is 11.8 Å². The van der Waals surface area contributed by atoms with E-state index in [0.717, 1.165) is 40.9 Å². The van der Waals surface area contributed by atoms with Gasteiger partial charge in [-0.2, -0.15) is 0 Å². The number of carbonyl (C=O) groups is 3. The first-order valence-electron chi connectivity index (χ1n) is 9.54. The highest BCUT2D eigenvalue weighted by Crippen LogP contribution is 2.32. The molecule has 2 aromatic carbocycles. The first kappa shape index (κ1) is 18.2. The number of nitrogen functional groups attached to an aromatic ring is 1. The molecule has 2 unspecified atom stereocenters. The standard InChI is InChI=1S/C22H23N3O3/c1-12-6-8-17-18(10-12)22(28)25(21(17)27)13(2)20(26)24-19-5-3-4-14-11-15(23)7-9-16(14)19/h6-11,13,19H,3-5,23H2,1-2H3,(H,24,26). The Balaban J connectivity index is 1.54. The summed E-state index contributed by atoms with van der Waals surface area (Å²) in [4.78, 5) is 39.4. The van der Waals surface area contributed by atoms with Gasteiger partial charge in [-0.25, -0.2) is 0 Å². The summed E-state index contributed by atoms with van der Waals surface area (Å²) in [5, 5.41) is 3.02. The van der Waals surface area contributed by atoms with Crippen LogP contribution in [0.25, 0.3) is 0 Å². The number of carbonyl (C=O) groups excluding carboxylic acids is 3. The van der Waals surface area contributed by atoms with E-state index in [-0.39, 0.29) is 11.9 Å². The van der Waals surface area contributed by atoms with Crippen molar-refractivity contribution in [3.05, 3.63) is 64.2 Å². The minimum absolute atomic E-state index is 0.142. The third kappa shape index (κ3) is 2.95. The number of imide groups is 1. The number of anilines is 1. The molecule has 4 rings (SSSR count). The predicted molar refractivity (Wildman–Crippen MR) is 106 cm³/mol. The number of benzene rings is 2. The molecule has 144 valence electrons. The molecule has 6 nitrogen and oxygen atoms in total. The number of fused-ring (bicyclic) bond motifs is 2. The van der Waals surface area contributed by atoms with Crippen molar-refractivity contribution in [2.45, 2.75) is 45.2 Å². The molecular weight excluding hydrogens is 354 g/mol. The number of nitrogens with two attached hydrogens (primary N) is 1. The molecule has 0 radical (unpaired) electrons. The fourth-order valence-electron chi connectivity index (χ4n) is 4.12. The van der Waals surface area contributed by atoms with Crippen LogP contribution in [0.1, 0.15) is 63.2 Å². The lowest BCUT2D eigenvalue weighted by atomic mass is 9.87. The predicted octanol–water partition coefficient (Wildman–Crippen LogP) is 2.76. The number of hydrogen-bond donors (Lipinski definition) is 2. The molecule has 6 heteroatoms. The van der Waals surface area contributed by atoms with Gasteiger partial charge in [0.05, 0.1) is 17.2 Å². The molecule has 2 atom stereocenters. The number of nitrogens with zero attached hydrogens (tertiary/aromatic N) is 1. The zero-order chi connectivity index (χ0) is 20.0. The summed E-state index contributed by atoms with van der Waals surface area (Å²) in [6.07, 6.45) is 2.69. The van der Waals surface area contributed by atoms with Crippen LogP contribution in [-0.2, 0) is 11.2 Å². The van der Waals surface area contributed by atoms with Crippen molar-refractivity contribution in [1.29, 1.82) is 0 Å². The number of nitrogens with one attached hydrogen (secondary N) is 1. The van der Waals surface area contributed by atoms with Crippen LogP contribution < -0.4 is 11.1 Å². The molecule has 1 aliphatic carbocycles. The van der Waals surface area contributed by atoms with Gasteiger partial charge >= 0.3 is 0 Å². The lowest BCUT2D eigenvalue weighted by molar-refractivity contribution is -0.125. The molecule has 0 fully saturated rings. The molecule has 2 aliphatic rings. The minimum atomic E-state index is -0.883. The monoisotopic (exact) mass is 377 g/mol. The average Bonchev–Trinajstić information content (AvgIpc) is 2.91. The Morgan fingerprint density at radius 3 is 2.68 bits per heavy atom. The van der Waals surface area contributed by atoms with E-state index in [9.17, 15) is 14.4 Å². The second-order valence-corrected chi connectivity index (χ2v) is 7.62. The van der Waals surface area contributed by atoms with E-state index >= 15 is 0 Å². The number of amides is 3. The molecule has 0 spiro atoms. The van der Waals surface area contributed by atoms with Gasteiger partial charge in [0.1, 0.15) is 6.04 Å². The number of hydrogen-bond acceptors (Lipinski definition) is 4. The van der Waals surface area contributed by atoms with Crippen LogP contribution in [-0.4, -0.2) is 28.7 Å². The van der Waals surface area contributed by atoms with Crippen molar-refractivity contribution in [3.8, 4) is 0 Å². The fourth-order valence-corrected chi connectivity index (χ4v) is 4.12.